The highest BCUT2D eigenvalue weighted by molar-refractivity contribution is 7.92. The molecule has 0 fully saturated rings. The molecule has 3 rings (SSSR count). The van der Waals surface area contributed by atoms with Crippen molar-refractivity contribution in [2.45, 2.75) is 31.3 Å². The number of nitrogens with one attached hydrogen (secondary N) is 1. The van der Waals surface area contributed by atoms with E-state index >= 15 is 0 Å². The Labute approximate surface area is 244 Å². The molecule has 0 aliphatic rings. The molecule has 12 heteroatoms. The maximum Gasteiger partial charge on any atom is 0.264 e. The molecular formula is C28H31Cl2N3O6S. The van der Waals surface area contributed by atoms with Crippen molar-refractivity contribution in [1.29, 1.82) is 0 Å². The highest BCUT2D eigenvalue weighted by atomic mass is 35.5. The average molecular weight is 609 g/mol. The van der Waals surface area contributed by atoms with Gasteiger partial charge in [0, 0.05) is 34.8 Å². The van der Waals surface area contributed by atoms with Gasteiger partial charge in [-0.1, -0.05) is 47.5 Å². The summed E-state index contributed by atoms with van der Waals surface area (Å²) >= 11 is 12.8. The van der Waals surface area contributed by atoms with Crippen LogP contribution < -0.4 is 19.1 Å². The molecule has 0 aliphatic heterocycles. The smallest absolute Gasteiger partial charge is 0.264 e. The van der Waals surface area contributed by atoms with E-state index < -0.39 is 34.4 Å². The van der Waals surface area contributed by atoms with Gasteiger partial charge in [-0.2, -0.15) is 0 Å². The Bertz CT molecular complexity index is 1430. The lowest BCUT2D eigenvalue weighted by Crippen LogP contribution is -2.51. The fourth-order valence-electron chi connectivity index (χ4n) is 3.98. The number of amides is 2. The third-order valence-corrected chi connectivity index (χ3v) is 8.66. The number of anilines is 1. The Kier molecular flexibility index (Phi) is 10.7. The number of benzene rings is 3. The van der Waals surface area contributed by atoms with E-state index in [1.54, 1.807) is 62.4 Å². The zero-order valence-corrected chi connectivity index (χ0v) is 24.9. The Morgan fingerprint density at radius 2 is 1.60 bits per heavy atom. The van der Waals surface area contributed by atoms with Gasteiger partial charge in [0.1, 0.15) is 24.1 Å². The van der Waals surface area contributed by atoms with Gasteiger partial charge in [0.25, 0.3) is 10.0 Å². The summed E-state index contributed by atoms with van der Waals surface area (Å²) in [7, 11) is -1.46. The van der Waals surface area contributed by atoms with Crippen LogP contribution in [0.15, 0.2) is 71.6 Å². The molecule has 2 amide bonds. The number of rotatable bonds is 12. The van der Waals surface area contributed by atoms with E-state index in [4.69, 9.17) is 32.7 Å². The van der Waals surface area contributed by atoms with Crippen LogP contribution in [0.1, 0.15) is 19.4 Å². The molecule has 0 aromatic heterocycles. The predicted molar refractivity (Wildman–Crippen MR) is 156 cm³/mol. The van der Waals surface area contributed by atoms with Crippen molar-refractivity contribution in [2.75, 3.05) is 31.6 Å². The van der Waals surface area contributed by atoms with Gasteiger partial charge < -0.3 is 19.7 Å². The number of halogens is 2. The summed E-state index contributed by atoms with van der Waals surface area (Å²) in [5.74, 6) is -0.535. The second kappa shape index (κ2) is 13.7. The number of hydrogen-bond acceptors (Lipinski definition) is 6. The van der Waals surface area contributed by atoms with Gasteiger partial charge in [-0.25, -0.2) is 8.42 Å². The molecule has 0 aliphatic carbocycles. The van der Waals surface area contributed by atoms with Crippen molar-refractivity contribution < 1.29 is 27.5 Å². The van der Waals surface area contributed by atoms with Gasteiger partial charge >= 0.3 is 0 Å². The molecule has 0 radical (unpaired) electrons. The third kappa shape index (κ3) is 6.99. The van der Waals surface area contributed by atoms with Crippen molar-refractivity contribution in [3.63, 3.8) is 0 Å². The van der Waals surface area contributed by atoms with Crippen LogP contribution in [0.2, 0.25) is 10.0 Å². The highest BCUT2D eigenvalue weighted by Gasteiger charge is 2.34. The molecule has 0 saturated carbocycles. The molecular weight excluding hydrogens is 577 g/mol. The second-order valence-electron chi connectivity index (χ2n) is 8.65. The Hall–Kier alpha value is -3.47. The third-order valence-electron chi connectivity index (χ3n) is 6.17. The van der Waals surface area contributed by atoms with Gasteiger partial charge in [-0.05, 0) is 50.2 Å². The van der Waals surface area contributed by atoms with Gasteiger partial charge in [0.2, 0.25) is 11.8 Å². The van der Waals surface area contributed by atoms with Gasteiger partial charge in [0.15, 0.2) is 0 Å². The molecule has 1 N–H and O–H groups in total. The van der Waals surface area contributed by atoms with Crippen LogP contribution in [0.3, 0.4) is 0 Å². The van der Waals surface area contributed by atoms with Crippen LogP contribution in [-0.4, -0.2) is 58.5 Å². The maximum absolute atomic E-state index is 14.0. The summed E-state index contributed by atoms with van der Waals surface area (Å²) < 4.78 is 39.7. The summed E-state index contributed by atoms with van der Waals surface area (Å²) in [5.41, 5.74) is 0.507. The first-order valence-electron chi connectivity index (χ1n) is 12.3. The zero-order chi connectivity index (χ0) is 29.4. The van der Waals surface area contributed by atoms with E-state index in [0.717, 1.165) is 4.31 Å². The van der Waals surface area contributed by atoms with Gasteiger partial charge in [-0.3, -0.25) is 13.9 Å². The number of hydrogen-bond donors (Lipinski definition) is 1. The standard InChI is InChI=1S/C28H31Cl2N3O6S/c1-5-31-28(35)19(2)32(17-22-23(29)12-9-13-24(22)30)27(34)18-33(40(36,37)21-10-7-6-8-11-21)25-16-20(38-3)14-15-26(25)39-4/h6-16,19H,5,17-18H2,1-4H3,(H,31,35). The van der Waals surface area contributed by atoms with Gasteiger partial charge in [-0.15, -0.1) is 0 Å². The summed E-state index contributed by atoms with van der Waals surface area (Å²) in [4.78, 5) is 28.1. The van der Waals surface area contributed by atoms with Crippen molar-refractivity contribution in [3.05, 3.63) is 82.3 Å². The molecule has 3 aromatic carbocycles. The van der Waals surface area contributed by atoms with E-state index in [0.29, 0.717) is 27.9 Å². The quantitative estimate of drug-likeness (QED) is 0.318. The fraction of sp³-hybridized carbons (Fsp3) is 0.286. The van der Waals surface area contributed by atoms with E-state index in [1.807, 2.05) is 0 Å². The van der Waals surface area contributed by atoms with Crippen molar-refractivity contribution in [2.24, 2.45) is 0 Å². The van der Waals surface area contributed by atoms with E-state index in [-0.39, 0.29) is 22.9 Å². The second-order valence-corrected chi connectivity index (χ2v) is 11.3. The van der Waals surface area contributed by atoms with Crippen LogP contribution in [0.4, 0.5) is 5.69 Å². The molecule has 1 unspecified atom stereocenters. The number of ether oxygens (including phenoxy) is 2. The largest absolute Gasteiger partial charge is 0.497 e. The van der Waals surface area contributed by atoms with E-state index in [1.165, 1.54) is 37.3 Å². The lowest BCUT2D eigenvalue weighted by molar-refractivity contribution is -0.139. The summed E-state index contributed by atoms with van der Waals surface area (Å²) in [5, 5.41) is 3.31. The summed E-state index contributed by atoms with van der Waals surface area (Å²) in [6.45, 7) is 2.85. The van der Waals surface area contributed by atoms with Crippen molar-refractivity contribution >= 4 is 50.7 Å². The maximum atomic E-state index is 14.0. The molecule has 214 valence electrons. The summed E-state index contributed by atoms with van der Waals surface area (Å²) in [6.07, 6.45) is 0. The molecule has 1 atom stereocenters. The first-order valence-corrected chi connectivity index (χ1v) is 14.5. The molecule has 0 spiro atoms. The number of likely N-dealkylation sites (N-methyl/N-ethyl adjacent to an activating group) is 1. The minimum atomic E-state index is -4.29. The Morgan fingerprint density at radius 1 is 0.950 bits per heavy atom. The van der Waals surface area contributed by atoms with Crippen molar-refractivity contribution in [3.8, 4) is 11.5 Å². The van der Waals surface area contributed by atoms with Crippen LogP contribution in [0.5, 0.6) is 11.5 Å². The SMILES string of the molecule is CCNC(=O)C(C)N(Cc1c(Cl)cccc1Cl)C(=O)CN(c1cc(OC)ccc1OC)S(=O)(=O)c1ccccc1. The molecule has 40 heavy (non-hydrogen) atoms. The molecule has 0 heterocycles. The Morgan fingerprint density at radius 3 is 2.17 bits per heavy atom. The summed E-state index contributed by atoms with van der Waals surface area (Å²) in [6, 6.07) is 16.3. The number of sulfonamides is 1. The molecule has 0 bridgehead atoms. The normalized spacial score (nSPS) is 11.8. The van der Waals surface area contributed by atoms with E-state index in [2.05, 4.69) is 5.32 Å². The molecule has 0 saturated heterocycles. The van der Waals surface area contributed by atoms with Crippen LogP contribution >= 0.6 is 23.2 Å². The minimum absolute atomic E-state index is 0.0369. The lowest BCUT2D eigenvalue weighted by atomic mass is 10.1. The lowest BCUT2D eigenvalue weighted by Gasteiger charge is -2.32. The number of nitrogens with zero attached hydrogens (tertiary/aromatic N) is 2. The first kappa shape index (κ1) is 31.1. The van der Waals surface area contributed by atoms with Crippen LogP contribution in [0, 0.1) is 0 Å². The fourth-order valence-corrected chi connectivity index (χ4v) is 5.94. The monoisotopic (exact) mass is 607 g/mol. The van der Waals surface area contributed by atoms with Crippen molar-refractivity contribution in [1.82, 2.24) is 10.2 Å². The number of carbonyl (C=O) groups excluding carboxylic acids is 2. The molecule has 9 nitrogen and oxygen atoms in total. The zero-order valence-electron chi connectivity index (χ0n) is 22.6. The Balaban J connectivity index is 2.15. The topological polar surface area (TPSA) is 105 Å². The van der Waals surface area contributed by atoms with E-state index in [9.17, 15) is 18.0 Å². The van der Waals surface area contributed by atoms with Gasteiger partial charge in [0.05, 0.1) is 24.8 Å². The van der Waals surface area contributed by atoms with Crippen LogP contribution in [0.25, 0.3) is 0 Å². The minimum Gasteiger partial charge on any atom is -0.497 e. The number of carbonyl (C=O) groups is 2. The predicted octanol–water partition coefficient (Wildman–Crippen LogP) is 4.76. The molecule has 3 aromatic rings. The highest BCUT2D eigenvalue weighted by Crippen LogP contribution is 2.36. The average Bonchev–Trinajstić information content (AvgIpc) is 2.95. The number of methoxy groups -OCH3 is 2. The van der Waals surface area contributed by atoms with Crippen LogP contribution in [-0.2, 0) is 26.2 Å². The first-order chi connectivity index (χ1) is 19.0.